The molecule has 2 N–H and O–H groups in total. The third-order valence-electron chi connectivity index (χ3n) is 10.8. The molecule has 5 rings (SSSR count). The van der Waals surface area contributed by atoms with Crippen molar-refractivity contribution < 1.29 is 61.7 Å². The van der Waals surface area contributed by atoms with Crippen molar-refractivity contribution in [2.75, 3.05) is 0 Å². The second-order valence-corrected chi connectivity index (χ2v) is 13.8. The van der Waals surface area contributed by atoms with Crippen LogP contribution in [0.4, 0.5) is 0 Å². The van der Waals surface area contributed by atoms with E-state index in [0.717, 1.165) is 19.3 Å². The molecule has 194 valence electrons. The van der Waals surface area contributed by atoms with E-state index < -0.39 is 34.1 Å². The van der Waals surface area contributed by atoms with E-state index in [2.05, 4.69) is 40.7 Å². The summed E-state index contributed by atoms with van der Waals surface area (Å²) in [5, 5.41) is 21.2. The summed E-state index contributed by atoms with van der Waals surface area (Å²) in [6.45, 7) is 11.4. The van der Waals surface area contributed by atoms with Crippen molar-refractivity contribution >= 4 is 10.4 Å². The van der Waals surface area contributed by atoms with Gasteiger partial charge in [0.2, 0.25) is 10.4 Å². The fourth-order valence-corrected chi connectivity index (χ4v) is 9.62. The predicted octanol–water partition coefficient (Wildman–Crippen LogP) is 0.416. The molecule has 5 aliphatic rings. The van der Waals surface area contributed by atoms with Crippen molar-refractivity contribution in [3.05, 3.63) is 11.6 Å². The summed E-state index contributed by atoms with van der Waals surface area (Å²) in [6, 6.07) is 0. The molecule has 3 saturated carbocycles. The standard InChI is InChI=1S/C26H42O7S.Na/c1-13(2)22-23(32-22)14(3)16-8-9-17-15-6-7-19-24(33-34(29,30)31)21(28)20(27)12-26(19,5)18(15)10-11-25(16,17)4;/h6,13-14,16-24,27-28H,7-12H2,1-5H3,(H,29,30,31);/q;+1/p-1/t14-,16+,17-,18-,19-,20+,21-,22-,23-,24-,25+,26+;/m0./s1. The van der Waals surface area contributed by atoms with E-state index in [9.17, 15) is 23.2 Å². The van der Waals surface area contributed by atoms with Gasteiger partial charge in [-0.25, -0.2) is 8.42 Å². The Morgan fingerprint density at radius 2 is 1.74 bits per heavy atom. The molecular weight excluding hydrogens is 479 g/mol. The van der Waals surface area contributed by atoms with Crippen LogP contribution in [-0.4, -0.2) is 53.7 Å². The number of ether oxygens (including phenoxy) is 1. The molecule has 9 heteroatoms. The molecular formula is C26H41NaO7S. The van der Waals surface area contributed by atoms with E-state index in [1.807, 2.05) is 0 Å². The quantitative estimate of drug-likeness (QED) is 0.177. The van der Waals surface area contributed by atoms with Crippen LogP contribution < -0.4 is 29.6 Å². The zero-order chi connectivity index (χ0) is 24.8. The molecule has 0 aromatic rings. The normalized spacial score (nSPS) is 49.9. The number of allylic oxidation sites excluding steroid dienone is 2. The molecule has 4 fully saturated rings. The van der Waals surface area contributed by atoms with Crippen LogP contribution in [0.3, 0.4) is 0 Å². The summed E-state index contributed by atoms with van der Waals surface area (Å²) < 4.78 is 45.2. The van der Waals surface area contributed by atoms with Crippen molar-refractivity contribution in [1.29, 1.82) is 0 Å². The third-order valence-corrected chi connectivity index (χ3v) is 11.3. The number of hydrogen-bond acceptors (Lipinski definition) is 7. The zero-order valence-electron chi connectivity index (χ0n) is 22.0. The van der Waals surface area contributed by atoms with Crippen molar-refractivity contribution in [2.45, 2.75) is 104 Å². The maximum absolute atomic E-state index is 11.4. The van der Waals surface area contributed by atoms with Crippen molar-refractivity contribution in [1.82, 2.24) is 0 Å². The maximum Gasteiger partial charge on any atom is 1.00 e. The molecule has 0 bridgehead atoms. The van der Waals surface area contributed by atoms with Crippen LogP contribution in [0.15, 0.2) is 11.6 Å². The van der Waals surface area contributed by atoms with Gasteiger partial charge < -0.3 is 19.5 Å². The van der Waals surface area contributed by atoms with Crippen LogP contribution in [0.25, 0.3) is 0 Å². The zero-order valence-corrected chi connectivity index (χ0v) is 24.8. The summed E-state index contributed by atoms with van der Waals surface area (Å²) >= 11 is 0. The van der Waals surface area contributed by atoms with Gasteiger partial charge in [0.05, 0.1) is 18.3 Å². The Kier molecular flexibility index (Phi) is 7.81. The number of hydrogen-bond donors (Lipinski definition) is 2. The van der Waals surface area contributed by atoms with Gasteiger partial charge >= 0.3 is 29.6 Å². The topological polar surface area (TPSA) is 119 Å². The smallest absolute Gasteiger partial charge is 0.726 e. The Morgan fingerprint density at radius 3 is 2.34 bits per heavy atom. The van der Waals surface area contributed by atoms with Crippen molar-refractivity contribution in [2.24, 2.45) is 46.3 Å². The molecule has 0 unspecified atom stereocenters. The molecule has 4 aliphatic carbocycles. The molecule has 1 aliphatic heterocycles. The van der Waals surface area contributed by atoms with Crippen molar-refractivity contribution in [3.8, 4) is 0 Å². The van der Waals surface area contributed by atoms with Gasteiger partial charge in [-0.05, 0) is 84.9 Å². The molecule has 12 atom stereocenters. The average Bonchev–Trinajstić information content (AvgIpc) is 3.46. The minimum absolute atomic E-state index is 0. The number of epoxide rings is 1. The Bertz CT molecular complexity index is 953. The Morgan fingerprint density at radius 1 is 1.09 bits per heavy atom. The van der Waals surface area contributed by atoms with Crippen molar-refractivity contribution in [3.63, 3.8) is 0 Å². The number of aliphatic hydroxyl groups is 2. The molecule has 7 nitrogen and oxygen atoms in total. The molecule has 1 heterocycles. The Labute approximate surface area is 232 Å². The van der Waals surface area contributed by atoms with Gasteiger partial charge in [0.15, 0.2) is 0 Å². The second-order valence-electron chi connectivity index (χ2n) is 12.8. The van der Waals surface area contributed by atoms with E-state index in [-0.39, 0.29) is 46.8 Å². The van der Waals surface area contributed by atoms with Gasteiger partial charge in [-0.15, -0.1) is 0 Å². The van der Waals surface area contributed by atoms with Crippen LogP contribution in [0.1, 0.15) is 73.1 Å². The summed E-state index contributed by atoms with van der Waals surface area (Å²) in [6.07, 6.45) is 4.63. The van der Waals surface area contributed by atoms with E-state index in [0.29, 0.717) is 48.7 Å². The van der Waals surface area contributed by atoms with Gasteiger partial charge in [0, 0.05) is 0 Å². The van der Waals surface area contributed by atoms with E-state index in [1.165, 1.54) is 12.0 Å². The summed E-state index contributed by atoms with van der Waals surface area (Å²) in [5.74, 6) is 2.03. The van der Waals surface area contributed by atoms with Crippen LogP contribution in [-0.2, 0) is 19.3 Å². The first kappa shape index (κ1) is 28.5. The summed E-state index contributed by atoms with van der Waals surface area (Å²) in [5.41, 5.74) is 1.23. The predicted molar refractivity (Wildman–Crippen MR) is 125 cm³/mol. The second kappa shape index (κ2) is 9.60. The fraction of sp³-hybridized carbons (Fsp3) is 0.923. The molecule has 0 spiro atoms. The average molecular weight is 521 g/mol. The maximum atomic E-state index is 11.4. The molecule has 1 saturated heterocycles. The van der Waals surface area contributed by atoms with Gasteiger partial charge in [-0.2, -0.15) is 0 Å². The third kappa shape index (κ3) is 4.65. The molecule has 0 amide bonds. The van der Waals surface area contributed by atoms with E-state index in [1.54, 1.807) is 0 Å². The van der Waals surface area contributed by atoms with Gasteiger partial charge in [0.1, 0.15) is 12.2 Å². The fourth-order valence-electron chi connectivity index (χ4n) is 9.10. The minimum atomic E-state index is -4.99. The number of aliphatic hydroxyl groups excluding tert-OH is 2. The number of fused-ring (bicyclic) bond motifs is 5. The summed E-state index contributed by atoms with van der Waals surface area (Å²) in [4.78, 5) is 0. The molecule has 35 heavy (non-hydrogen) atoms. The minimum Gasteiger partial charge on any atom is -0.726 e. The van der Waals surface area contributed by atoms with Crippen LogP contribution in [0.5, 0.6) is 0 Å². The van der Waals surface area contributed by atoms with Crippen LogP contribution in [0.2, 0.25) is 0 Å². The Hall–Kier alpha value is 0.490. The van der Waals surface area contributed by atoms with Gasteiger partial charge in [0.25, 0.3) is 0 Å². The van der Waals surface area contributed by atoms with Gasteiger partial charge in [-0.1, -0.05) is 46.3 Å². The van der Waals surface area contributed by atoms with E-state index in [4.69, 9.17) is 8.92 Å². The molecule has 0 radical (unpaired) electrons. The first-order valence-corrected chi connectivity index (χ1v) is 14.5. The largest absolute Gasteiger partial charge is 1.00 e. The number of rotatable bonds is 5. The first-order valence-electron chi connectivity index (χ1n) is 13.1. The first-order chi connectivity index (χ1) is 15.8. The SMILES string of the molecule is CC(C)[C@@H]1O[C@H]1[C@@H](C)[C@H]1CC[C@H]2C3=CC[C@H]4[C@H](OS(=O)(=O)[O-])[C@@H](O)[C@H](O)C[C@]4(C)[C@H]3CC[C@]12C.[Na+]. The monoisotopic (exact) mass is 520 g/mol. The van der Waals surface area contributed by atoms with Gasteiger partial charge in [-0.3, -0.25) is 4.18 Å². The van der Waals surface area contributed by atoms with Crippen LogP contribution in [0, 0.1) is 46.3 Å². The molecule has 0 aromatic carbocycles. The Balaban J connectivity index is 0.00000289. The van der Waals surface area contributed by atoms with Crippen LogP contribution >= 0.6 is 0 Å². The van der Waals surface area contributed by atoms with E-state index >= 15 is 0 Å². The summed E-state index contributed by atoms with van der Waals surface area (Å²) in [7, 11) is -4.99. The molecule has 0 aromatic heterocycles.